The van der Waals surface area contributed by atoms with Crippen LogP contribution in [0.5, 0.6) is 0 Å². The number of nitrogens with zero attached hydrogens (tertiary/aromatic N) is 1. The highest BCUT2D eigenvalue weighted by Crippen LogP contribution is 2.48. The zero-order valence-electron chi connectivity index (χ0n) is 44.5. The highest BCUT2D eigenvalue weighted by molar-refractivity contribution is 7.53. The maximum Gasteiger partial charge on any atom is 0.329 e. The van der Waals surface area contributed by atoms with Crippen molar-refractivity contribution >= 4 is 36.8 Å². The molecular weight excluding hydrogens is 934 g/mol. The summed E-state index contributed by atoms with van der Waals surface area (Å²) < 4.78 is 54.0. The third-order valence-corrected chi connectivity index (χ3v) is 16.5. The second kappa shape index (κ2) is 27.9. The Morgan fingerprint density at radius 1 is 0.873 bits per heavy atom. The molecule has 0 radical (unpaired) electrons. The number of aliphatic hydroxyl groups is 2. The van der Waals surface area contributed by atoms with Gasteiger partial charge < -0.3 is 47.8 Å². The van der Waals surface area contributed by atoms with Crippen LogP contribution in [0.15, 0.2) is 47.6 Å². The molecular formula is C54H86NO15P. The SMILES string of the molecule is CCOP(C)(=O)O[C@@H]1CC[C@@H](C[C@@H](C)C2CC(=O)[C@H](C)/C=C(\C)[C@@H](O)[C@@H](OC)C(=O)[C@H](C)C[C@H](C)/C=C/C=C/C=C(\C)[C@@H](OC)C[C@@H]3CC[C@@H](C)[C@@](O)(O3)C(=O)C(=O)N3CCCC[C@H]3C(=O)O2)C[C@H]1OC. The van der Waals surface area contributed by atoms with Crippen LogP contribution in [0.1, 0.15) is 132 Å². The first kappa shape index (κ1) is 60.4. The van der Waals surface area contributed by atoms with Gasteiger partial charge in [0.2, 0.25) is 5.79 Å². The predicted octanol–water partition coefficient (Wildman–Crippen LogP) is 8.06. The molecule has 3 aliphatic heterocycles. The van der Waals surface area contributed by atoms with E-state index in [2.05, 4.69) is 0 Å². The summed E-state index contributed by atoms with van der Waals surface area (Å²) in [6, 6.07) is -1.17. The Bertz CT molecular complexity index is 1980. The number of amides is 1. The summed E-state index contributed by atoms with van der Waals surface area (Å²) in [5.74, 6) is -8.26. The van der Waals surface area contributed by atoms with Crippen LogP contribution in [0.2, 0.25) is 0 Å². The number of carbonyl (C=O) groups excluding carboxylic acids is 5. The van der Waals surface area contributed by atoms with Crippen LogP contribution in [0.3, 0.4) is 0 Å². The number of ether oxygens (including phenoxy) is 5. The van der Waals surface area contributed by atoms with Crippen molar-refractivity contribution in [3.05, 3.63) is 47.6 Å². The van der Waals surface area contributed by atoms with Crippen molar-refractivity contribution in [1.82, 2.24) is 4.90 Å². The van der Waals surface area contributed by atoms with Gasteiger partial charge in [-0.3, -0.25) is 23.7 Å². The molecule has 3 fully saturated rings. The van der Waals surface area contributed by atoms with Gasteiger partial charge in [0, 0.05) is 65.1 Å². The van der Waals surface area contributed by atoms with E-state index in [4.69, 9.17) is 32.7 Å². The number of esters is 1. The summed E-state index contributed by atoms with van der Waals surface area (Å²) in [5.41, 5.74) is 1.24. The molecule has 402 valence electrons. The average Bonchev–Trinajstić information content (AvgIpc) is 3.33. The summed E-state index contributed by atoms with van der Waals surface area (Å²) in [6.45, 7) is 16.1. The fraction of sp³-hybridized carbons (Fsp3) is 0.759. The summed E-state index contributed by atoms with van der Waals surface area (Å²) in [7, 11) is 1.20. The van der Waals surface area contributed by atoms with Crippen LogP contribution in [0.4, 0.5) is 0 Å². The van der Waals surface area contributed by atoms with Crippen LogP contribution in [0.25, 0.3) is 0 Å². The molecule has 1 amide bonds. The van der Waals surface area contributed by atoms with Gasteiger partial charge in [-0.15, -0.1) is 0 Å². The number of methoxy groups -OCH3 is 3. The van der Waals surface area contributed by atoms with Crippen LogP contribution in [0, 0.1) is 35.5 Å². The molecule has 4 rings (SSSR count). The molecule has 16 atom stereocenters. The minimum atomic E-state index is -3.32. The molecule has 2 N–H and O–H groups in total. The fourth-order valence-electron chi connectivity index (χ4n) is 10.7. The van der Waals surface area contributed by atoms with Crippen molar-refractivity contribution in [2.75, 3.05) is 41.1 Å². The van der Waals surface area contributed by atoms with Gasteiger partial charge in [-0.25, -0.2) is 4.79 Å². The number of fused-ring (bicyclic) bond motifs is 3. The number of carbonyl (C=O) groups is 5. The van der Waals surface area contributed by atoms with Crippen molar-refractivity contribution < 1.29 is 71.5 Å². The number of aliphatic hydroxyl groups excluding tert-OH is 1. The molecule has 0 aromatic heterocycles. The van der Waals surface area contributed by atoms with E-state index in [1.165, 1.54) is 18.7 Å². The Labute approximate surface area is 423 Å². The predicted molar refractivity (Wildman–Crippen MR) is 269 cm³/mol. The topological polar surface area (TPSA) is 211 Å². The maximum atomic E-state index is 14.5. The minimum absolute atomic E-state index is 0.00668. The van der Waals surface area contributed by atoms with E-state index in [-0.39, 0.29) is 55.3 Å². The lowest BCUT2D eigenvalue weighted by Gasteiger charge is -2.42. The lowest BCUT2D eigenvalue weighted by atomic mass is 9.78. The van der Waals surface area contributed by atoms with Crippen LogP contribution >= 0.6 is 7.60 Å². The first-order chi connectivity index (χ1) is 33.5. The first-order valence-electron chi connectivity index (χ1n) is 25.9. The van der Waals surface area contributed by atoms with Crippen LogP contribution in [-0.4, -0.2) is 140 Å². The van der Waals surface area contributed by atoms with Gasteiger partial charge >= 0.3 is 13.6 Å². The molecule has 0 aromatic rings. The Balaban J connectivity index is 1.70. The monoisotopic (exact) mass is 1020 g/mol. The number of cyclic esters (lactones) is 1. The molecule has 3 heterocycles. The molecule has 1 aliphatic carbocycles. The second-order valence-corrected chi connectivity index (χ2v) is 22.9. The van der Waals surface area contributed by atoms with E-state index < -0.39 is 97.6 Å². The van der Waals surface area contributed by atoms with E-state index >= 15 is 0 Å². The van der Waals surface area contributed by atoms with E-state index in [1.807, 2.05) is 58.1 Å². The van der Waals surface area contributed by atoms with Crippen molar-refractivity contribution in [3.8, 4) is 0 Å². The number of piperidine rings is 1. The molecule has 0 spiro atoms. The van der Waals surface area contributed by atoms with Gasteiger partial charge in [0.25, 0.3) is 11.7 Å². The molecule has 16 nitrogen and oxygen atoms in total. The van der Waals surface area contributed by atoms with E-state index in [0.29, 0.717) is 69.8 Å². The fourth-order valence-corrected chi connectivity index (χ4v) is 12.0. The quantitative estimate of drug-likeness (QED) is 0.0917. The van der Waals surface area contributed by atoms with E-state index in [9.17, 15) is 38.8 Å². The van der Waals surface area contributed by atoms with Gasteiger partial charge in [0.05, 0.1) is 31.0 Å². The first-order valence-corrected chi connectivity index (χ1v) is 27.9. The number of ketones is 3. The summed E-state index contributed by atoms with van der Waals surface area (Å²) in [4.78, 5) is 72.4. The standard InChI is InChI=1S/C54H86NO15P/c1-13-67-71(12,63)70-44-25-23-40(30-47(44)65-10)29-36(5)46-32-43(56)35(4)28-38(7)49(58)50(66-11)48(57)37(6)27-33(2)19-15-14-16-20-34(3)45(64-9)31-41-24-22-39(8)54(62,69-41)51(59)52(60)55-26-18-17-21-42(55)53(61)68-46/h14-16,19-20,28,33,35-37,39-42,44-47,49-50,58,62H,13,17-18,21-27,29-32H2,1-12H3/b16-14+,19-15+,34-20+,38-28+/t33-,35-,36-,37-,39-,40+,41+,42+,44-,45+,46?,47-,49-,50+,54-,71?/m1/s1. The third kappa shape index (κ3) is 16.7. The molecule has 1 saturated carbocycles. The lowest BCUT2D eigenvalue weighted by Crippen LogP contribution is -2.61. The Morgan fingerprint density at radius 3 is 2.25 bits per heavy atom. The number of hydrogen-bond acceptors (Lipinski definition) is 15. The van der Waals surface area contributed by atoms with Crippen molar-refractivity contribution in [3.63, 3.8) is 0 Å². The Kier molecular flexibility index (Phi) is 23.7. The summed E-state index contributed by atoms with van der Waals surface area (Å²) in [6.07, 6.45) is 10.8. The van der Waals surface area contributed by atoms with Crippen molar-refractivity contribution in [1.29, 1.82) is 0 Å². The second-order valence-electron chi connectivity index (χ2n) is 20.9. The van der Waals surface area contributed by atoms with E-state index in [0.717, 1.165) is 5.57 Å². The molecule has 2 saturated heterocycles. The van der Waals surface area contributed by atoms with Crippen molar-refractivity contribution in [2.45, 2.75) is 187 Å². The molecule has 71 heavy (non-hydrogen) atoms. The van der Waals surface area contributed by atoms with E-state index in [1.54, 1.807) is 48.0 Å². The molecule has 4 aliphatic rings. The highest BCUT2D eigenvalue weighted by atomic mass is 31.2. The Morgan fingerprint density at radius 2 is 1.59 bits per heavy atom. The number of rotatable bonds is 10. The third-order valence-electron chi connectivity index (χ3n) is 15.1. The lowest BCUT2D eigenvalue weighted by molar-refractivity contribution is -0.265. The van der Waals surface area contributed by atoms with Gasteiger partial charge in [-0.2, -0.15) is 0 Å². The minimum Gasteiger partial charge on any atom is -0.460 e. The van der Waals surface area contributed by atoms with Gasteiger partial charge in [-0.05, 0) is 114 Å². The largest absolute Gasteiger partial charge is 0.460 e. The van der Waals surface area contributed by atoms with Crippen molar-refractivity contribution in [2.24, 2.45) is 35.5 Å². The number of Topliss-reactive ketones (excluding diaryl/α,β-unsaturated/α-hetero) is 3. The summed E-state index contributed by atoms with van der Waals surface area (Å²) in [5, 5.41) is 23.5. The molecule has 2 bridgehead atoms. The Hall–Kier alpha value is -3.18. The smallest absolute Gasteiger partial charge is 0.329 e. The molecule has 2 unspecified atom stereocenters. The van der Waals surface area contributed by atoms with Crippen LogP contribution in [-0.2, 0) is 61.3 Å². The normalized spacial score (nSPS) is 38.9. The zero-order chi connectivity index (χ0) is 52.8. The highest BCUT2D eigenvalue weighted by Gasteiger charge is 2.53. The van der Waals surface area contributed by atoms with Gasteiger partial charge in [0.1, 0.15) is 30.1 Å². The number of allylic oxidation sites excluding steroid dienone is 6. The zero-order valence-corrected chi connectivity index (χ0v) is 45.4. The maximum absolute atomic E-state index is 14.5. The molecule has 0 aromatic carbocycles. The average molecular weight is 1020 g/mol. The van der Waals surface area contributed by atoms with Gasteiger partial charge in [-0.1, -0.05) is 71.1 Å². The number of hydrogen-bond donors (Lipinski definition) is 2. The van der Waals surface area contributed by atoms with Gasteiger partial charge in [0.15, 0.2) is 5.78 Å². The summed E-state index contributed by atoms with van der Waals surface area (Å²) >= 11 is 0. The molecule has 17 heteroatoms. The van der Waals surface area contributed by atoms with Crippen LogP contribution < -0.4 is 0 Å².